The minimum absolute atomic E-state index is 0.0919. The lowest BCUT2D eigenvalue weighted by molar-refractivity contribution is 0.187. The maximum Gasteiger partial charge on any atom is 0.327 e. The molecule has 0 rings (SSSR count). The molecule has 5 nitrogen and oxygen atoms in total. The Balaban J connectivity index is 3.45. The molecule has 11 heavy (non-hydrogen) atoms. The van der Waals surface area contributed by atoms with E-state index in [4.69, 9.17) is 5.73 Å². The molecule has 0 saturated carbocycles. The van der Waals surface area contributed by atoms with Gasteiger partial charge in [0, 0.05) is 0 Å². The second-order valence-corrected chi connectivity index (χ2v) is 3.11. The van der Waals surface area contributed by atoms with Crippen LogP contribution in [0.4, 0.5) is 0 Å². The van der Waals surface area contributed by atoms with E-state index in [-0.39, 0.29) is 11.2 Å². The zero-order valence-electron chi connectivity index (χ0n) is 6.20. The van der Waals surface area contributed by atoms with Gasteiger partial charge in [0.25, 0.3) is 0 Å². The van der Waals surface area contributed by atoms with Gasteiger partial charge < -0.3 is 5.73 Å². The molecule has 0 aliphatic rings. The molecule has 3 N–H and O–H groups in total. The molecular formula is C4H10N2O3S2. The van der Waals surface area contributed by atoms with Crippen LogP contribution in [0.3, 0.4) is 0 Å². The van der Waals surface area contributed by atoms with Gasteiger partial charge in [0.05, 0.1) is 6.10 Å². The summed E-state index contributed by atoms with van der Waals surface area (Å²) < 4.78 is 19.7. The predicted molar refractivity (Wildman–Crippen MR) is 45.4 cm³/mol. The van der Waals surface area contributed by atoms with E-state index in [0.29, 0.717) is 0 Å². The summed E-state index contributed by atoms with van der Waals surface area (Å²) in [5.74, 6) is 0. The van der Waals surface area contributed by atoms with E-state index in [1.807, 2.05) is 5.48 Å². The largest absolute Gasteiger partial charge is 0.375 e. The van der Waals surface area contributed by atoms with E-state index in [1.54, 1.807) is 13.8 Å². The molecule has 0 fully saturated rings. The summed E-state index contributed by atoms with van der Waals surface area (Å²) in [7, 11) is 0. The molecule has 0 aromatic carbocycles. The van der Waals surface area contributed by atoms with Gasteiger partial charge in [-0.15, -0.1) is 4.28 Å². The zero-order valence-corrected chi connectivity index (χ0v) is 7.83. The average molecular weight is 198 g/mol. The predicted octanol–water partition coefficient (Wildman–Crippen LogP) is -0.245. The molecule has 0 saturated heterocycles. The van der Waals surface area contributed by atoms with Gasteiger partial charge >= 0.3 is 11.4 Å². The topological polar surface area (TPSA) is 73.6 Å². The molecule has 1 unspecified atom stereocenters. The molecule has 66 valence electrons. The lowest BCUT2D eigenvalue weighted by Crippen LogP contribution is -2.30. The highest BCUT2D eigenvalue weighted by Gasteiger charge is 2.03. The maximum atomic E-state index is 10.6. The van der Waals surface area contributed by atoms with Crippen LogP contribution in [0, 0.1) is 0 Å². The standard InChI is InChI=1S/C4H10N2O3S2/c1-3(2)8-11(7)9-6-4(5)10/h3H,1-2H3,(H3,5,6,10). The van der Waals surface area contributed by atoms with Crippen LogP contribution in [-0.2, 0) is 19.8 Å². The Morgan fingerprint density at radius 1 is 1.73 bits per heavy atom. The van der Waals surface area contributed by atoms with Crippen molar-refractivity contribution in [1.29, 1.82) is 0 Å². The van der Waals surface area contributed by atoms with E-state index in [0.717, 1.165) is 0 Å². The van der Waals surface area contributed by atoms with Crippen molar-refractivity contribution in [3.63, 3.8) is 0 Å². The van der Waals surface area contributed by atoms with Crippen LogP contribution in [0.1, 0.15) is 13.8 Å². The molecular weight excluding hydrogens is 188 g/mol. The Kier molecular flexibility index (Phi) is 5.30. The summed E-state index contributed by atoms with van der Waals surface area (Å²) in [5, 5.41) is -0.0919. The molecule has 0 amide bonds. The molecule has 0 bridgehead atoms. The Labute approximate surface area is 73.1 Å². The maximum absolute atomic E-state index is 10.6. The number of hydrogen-bond donors (Lipinski definition) is 2. The van der Waals surface area contributed by atoms with Gasteiger partial charge in [-0.1, -0.05) is 0 Å². The number of rotatable bonds is 4. The molecule has 7 heteroatoms. The first kappa shape index (κ1) is 10.8. The van der Waals surface area contributed by atoms with Gasteiger partial charge in [-0.2, -0.15) is 4.21 Å². The summed E-state index contributed by atoms with van der Waals surface area (Å²) in [6.45, 7) is 3.45. The van der Waals surface area contributed by atoms with E-state index in [1.165, 1.54) is 0 Å². The molecule has 1 atom stereocenters. The number of hydrogen-bond acceptors (Lipinski definition) is 4. The number of nitrogens with two attached hydrogens (primary N) is 1. The number of hydroxylamine groups is 1. The summed E-state index contributed by atoms with van der Waals surface area (Å²) in [4.78, 5) is 0. The minimum Gasteiger partial charge on any atom is -0.375 e. The zero-order chi connectivity index (χ0) is 8.85. The van der Waals surface area contributed by atoms with Gasteiger partial charge in [-0.3, -0.25) is 4.18 Å². The highest BCUT2D eigenvalue weighted by molar-refractivity contribution is 7.80. The van der Waals surface area contributed by atoms with Crippen LogP contribution < -0.4 is 11.2 Å². The number of thiocarbonyl (C=S) groups is 1. The third-order valence-electron chi connectivity index (χ3n) is 0.481. The van der Waals surface area contributed by atoms with Crippen LogP contribution >= 0.6 is 12.2 Å². The smallest absolute Gasteiger partial charge is 0.327 e. The highest BCUT2D eigenvalue weighted by Crippen LogP contribution is 1.92. The Morgan fingerprint density at radius 2 is 2.27 bits per heavy atom. The SMILES string of the molecule is CC(C)OS(=O)ONC(N)=S. The first-order chi connectivity index (χ1) is 5.02. The quantitative estimate of drug-likeness (QED) is 0.479. The monoisotopic (exact) mass is 198 g/mol. The third kappa shape index (κ3) is 7.66. The highest BCUT2D eigenvalue weighted by atomic mass is 32.2. The number of nitrogens with one attached hydrogen (secondary N) is 1. The lowest BCUT2D eigenvalue weighted by atomic mass is 10.5. The van der Waals surface area contributed by atoms with Crippen molar-refractivity contribution in [3.8, 4) is 0 Å². The van der Waals surface area contributed by atoms with E-state index < -0.39 is 11.4 Å². The lowest BCUT2D eigenvalue weighted by Gasteiger charge is -2.05. The van der Waals surface area contributed by atoms with Crippen LogP contribution in [-0.4, -0.2) is 15.4 Å². The van der Waals surface area contributed by atoms with Crippen molar-refractivity contribution >= 4 is 28.7 Å². The van der Waals surface area contributed by atoms with E-state index in [2.05, 4.69) is 20.7 Å². The fourth-order valence-electron chi connectivity index (χ4n) is 0.252. The normalized spacial score (nSPS) is 13.0. The van der Waals surface area contributed by atoms with Gasteiger partial charge in [0.1, 0.15) is 0 Å². The van der Waals surface area contributed by atoms with Gasteiger partial charge in [0.15, 0.2) is 5.11 Å². The van der Waals surface area contributed by atoms with Gasteiger partial charge in [-0.25, -0.2) is 5.48 Å². The fourth-order valence-corrected chi connectivity index (χ4v) is 0.858. The molecule has 0 radical (unpaired) electrons. The molecule has 0 aliphatic heterocycles. The van der Waals surface area contributed by atoms with Crippen molar-refractivity contribution in [1.82, 2.24) is 5.48 Å². The van der Waals surface area contributed by atoms with Crippen molar-refractivity contribution in [2.75, 3.05) is 0 Å². The van der Waals surface area contributed by atoms with Crippen molar-refractivity contribution in [2.45, 2.75) is 20.0 Å². The Bertz CT molecular complexity index is 161. The van der Waals surface area contributed by atoms with Crippen molar-refractivity contribution < 1.29 is 12.7 Å². The molecule has 0 aliphatic carbocycles. The van der Waals surface area contributed by atoms with Crippen LogP contribution in [0.5, 0.6) is 0 Å². The van der Waals surface area contributed by atoms with Gasteiger partial charge in [-0.05, 0) is 26.1 Å². The molecule has 0 aromatic heterocycles. The summed E-state index contributed by atoms with van der Waals surface area (Å²) in [6, 6.07) is 0. The van der Waals surface area contributed by atoms with Crippen LogP contribution in [0.15, 0.2) is 0 Å². The third-order valence-corrected chi connectivity index (χ3v) is 1.33. The van der Waals surface area contributed by atoms with E-state index in [9.17, 15) is 4.21 Å². The van der Waals surface area contributed by atoms with Gasteiger partial charge in [0.2, 0.25) is 0 Å². The molecule has 0 aromatic rings. The first-order valence-corrected chi connectivity index (χ1v) is 4.25. The minimum atomic E-state index is -1.85. The summed E-state index contributed by atoms with van der Waals surface area (Å²) in [6.07, 6.45) is -0.177. The Morgan fingerprint density at radius 3 is 2.64 bits per heavy atom. The first-order valence-electron chi connectivity index (χ1n) is 2.84. The second kappa shape index (κ2) is 5.42. The summed E-state index contributed by atoms with van der Waals surface area (Å²) in [5.41, 5.74) is 7.01. The van der Waals surface area contributed by atoms with Crippen molar-refractivity contribution in [3.05, 3.63) is 0 Å². The van der Waals surface area contributed by atoms with Crippen molar-refractivity contribution in [2.24, 2.45) is 5.73 Å². The summed E-state index contributed by atoms with van der Waals surface area (Å²) >= 11 is 2.53. The average Bonchev–Trinajstić information content (AvgIpc) is 1.82. The van der Waals surface area contributed by atoms with Crippen LogP contribution in [0.2, 0.25) is 0 Å². The molecule has 0 heterocycles. The second-order valence-electron chi connectivity index (χ2n) is 1.90. The fraction of sp³-hybridized carbons (Fsp3) is 0.750. The van der Waals surface area contributed by atoms with Crippen LogP contribution in [0.25, 0.3) is 0 Å². The van der Waals surface area contributed by atoms with E-state index >= 15 is 0 Å². The Hall–Kier alpha value is -0.240. The molecule has 0 spiro atoms.